The number of halogens is 3. The molecule has 1 saturated carbocycles. The lowest BCUT2D eigenvalue weighted by molar-refractivity contribution is -0.0366. The first-order valence-corrected chi connectivity index (χ1v) is 8.68. The Hall–Kier alpha value is -0.350. The van der Waals surface area contributed by atoms with E-state index in [1.807, 2.05) is 7.11 Å². The van der Waals surface area contributed by atoms with Crippen molar-refractivity contribution in [2.24, 2.45) is 5.41 Å². The van der Waals surface area contributed by atoms with E-state index >= 15 is 0 Å². The second kappa shape index (κ2) is 6.64. The minimum Gasteiger partial charge on any atom is -0.381 e. The Morgan fingerprint density at radius 3 is 2.82 bits per heavy atom. The maximum absolute atomic E-state index is 13.7. The van der Waals surface area contributed by atoms with Crippen molar-refractivity contribution in [2.75, 3.05) is 20.2 Å². The number of ether oxygens (including phenoxy) is 1. The van der Waals surface area contributed by atoms with Gasteiger partial charge in [0.05, 0.1) is 11.1 Å². The summed E-state index contributed by atoms with van der Waals surface area (Å²) < 4.78 is 19.4. The summed E-state index contributed by atoms with van der Waals surface area (Å²) >= 11 is 12.0. The topological polar surface area (TPSA) is 12.5 Å². The molecule has 1 aromatic rings. The van der Waals surface area contributed by atoms with Crippen LogP contribution in [0.25, 0.3) is 0 Å². The molecule has 2 aliphatic rings. The Labute approximate surface area is 141 Å². The Balaban J connectivity index is 1.75. The fourth-order valence-electron chi connectivity index (χ4n) is 4.26. The number of methoxy groups -OCH3 is 1. The summed E-state index contributed by atoms with van der Waals surface area (Å²) in [5, 5.41) is 0.625. The van der Waals surface area contributed by atoms with Gasteiger partial charge in [-0.3, -0.25) is 4.90 Å². The third-order valence-electron chi connectivity index (χ3n) is 5.28. The summed E-state index contributed by atoms with van der Waals surface area (Å²) in [5.41, 5.74) is 1.08. The second-order valence-electron chi connectivity index (χ2n) is 6.65. The molecule has 1 aliphatic carbocycles. The third-order valence-corrected chi connectivity index (χ3v) is 5.92. The lowest BCUT2D eigenvalue weighted by Crippen LogP contribution is -2.47. The molecule has 1 heterocycles. The molecule has 2 fully saturated rings. The van der Waals surface area contributed by atoms with Crippen LogP contribution in [0.2, 0.25) is 10.0 Å². The highest BCUT2D eigenvalue weighted by atomic mass is 35.5. The summed E-state index contributed by atoms with van der Waals surface area (Å²) in [5.74, 6) is -0.400. The van der Waals surface area contributed by atoms with Gasteiger partial charge < -0.3 is 4.74 Å². The van der Waals surface area contributed by atoms with Crippen molar-refractivity contribution in [2.45, 2.75) is 44.8 Å². The molecule has 0 radical (unpaired) electrons. The maximum atomic E-state index is 13.7. The van der Waals surface area contributed by atoms with Crippen molar-refractivity contribution in [3.8, 4) is 0 Å². The minimum absolute atomic E-state index is 0.0825. The first kappa shape index (κ1) is 16.5. The van der Waals surface area contributed by atoms with Gasteiger partial charge in [-0.05, 0) is 49.9 Å². The van der Waals surface area contributed by atoms with Crippen molar-refractivity contribution in [1.82, 2.24) is 4.90 Å². The Morgan fingerprint density at radius 2 is 2.05 bits per heavy atom. The highest BCUT2D eigenvalue weighted by Crippen LogP contribution is 2.46. The smallest absolute Gasteiger partial charge is 0.142 e. The van der Waals surface area contributed by atoms with E-state index in [0.717, 1.165) is 31.5 Å². The number of nitrogens with zero attached hydrogens (tertiary/aromatic N) is 1. The van der Waals surface area contributed by atoms with Crippen LogP contribution in [0, 0.1) is 11.2 Å². The van der Waals surface area contributed by atoms with E-state index < -0.39 is 5.82 Å². The average Bonchev–Trinajstić information content (AvgIpc) is 2.87. The molecular weight excluding hydrogens is 324 g/mol. The van der Waals surface area contributed by atoms with Gasteiger partial charge in [-0.15, -0.1) is 0 Å². The first-order chi connectivity index (χ1) is 10.5. The number of likely N-dealkylation sites (tertiary alicyclic amines) is 1. The fourth-order valence-corrected chi connectivity index (χ4v) is 4.70. The van der Waals surface area contributed by atoms with E-state index in [2.05, 4.69) is 4.90 Å². The van der Waals surface area contributed by atoms with Gasteiger partial charge >= 0.3 is 0 Å². The number of hydrogen-bond donors (Lipinski definition) is 0. The van der Waals surface area contributed by atoms with Crippen LogP contribution in [0.3, 0.4) is 0 Å². The molecule has 1 spiro atoms. The van der Waals surface area contributed by atoms with Crippen molar-refractivity contribution >= 4 is 23.2 Å². The van der Waals surface area contributed by atoms with Crippen molar-refractivity contribution in [1.29, 1.82) is 0 Å². The van der Waals surface area contributed by atoms with E-state index in [4.69, 9.17) is 27.9 Å². The summed E-state index contributed by atoms with van der Waals surface area (Å²) in [6, 6.07) is 2.97. The molecule has 3 rings (SSSR count). The van der Waals surface area contributed by atoms with E-state index in [1.54, 1.807) is 0 Å². The van der Waals surface area contributed by atoms with E-state index in [9.17, 15) is 4.39 Å². The van der Waals surface area contributed by atoms with Gasteiger partial charge in [-0.2, -0.15) is 0 Å². The quantitative estimate of drug-likeness (QED) is 0.721. The molecule has 1 saturated heterocycles. The second-order valence-corrected chi connectivity index (χ2v) is 7.47. The molecule has 0 bridgehead atoms. The minimum atomic E-state index is -0.400. The molecule has 2 atom stereocenters. The largest absolute Gasteiger partial charge is 0.381 e. The van der Waals surface area contributed by atoms with E-state index in [0.29, 0.717) is 17.7 Å². The summed E-state index contributed by atoms with van der Waals surface area (Å²) in [6.07, 6.45) is 6.36. The highest BCUT2D eigenvalue weighted by Gasteiger charge is 2.45. The molecule has 1 aliphatic heterocycles. The zero-order valence-electron chi connectivity index (χ0n) is 12.9. The predicted molar refractivity (Wildman–Crippen MR) is 88.0 cm³/mol. The van der Waals surface area contributed by atoms with E-state index in [1.165, 1.54) is 31.4 Å². The number of hydrogen-bond acceptors (Lipinski definition) is 2. The van der Waals surface area contributed by atoms with Crippen LogP contribution in [0.4, 0.5) is 4.39 Å². The summed E-state index contributed by atoms with van der Waals surface area (Å²) in [4.78, 5) is 2.38. The SMILES string of the molecule is CO[C@@H]1CCC[C@]12CCCN(Cc1cc(F)c(Cl)cc1Cl)C2. The molecule has 0 aromatic heterocycles. The van der Waals surface area contributed by atoms with Crippen LogP contribution >= 0.6 is 23.2 Å². The van der Waals surface area contributed by atoms with Gasteiger partial charge in [0.25, 0.3) is 0 Å². The predicted octanol–water partition coefficient (Wildman–Crippen LogP) is 4.91. The van der Waals surface area contributed by atoms with Crippen LogP contribution in [-0.4, -0.2) is 31.2 Å². The normalized spacial score (nSPS) is 29.4. The number of piperidine rings is 1. The maximum Gasteiger partial charge on any atom is 0.142 e. The van der Waals surface area contributed by atoms with Gasteiger partial charge in [0.15, 0.2) is 0 Å². The Bertz CT molecular complexity index is 554. The van der Waals surface area contributed by atoms with Gasteiger partial charge in [-0.1, -0.05) is 29.6 Å². The van der Waals surface area contributed by atoms with Gasteiger partial charge in [0, 0.05) is 30.6 Å². The van der Waals surface area contributed by atoms with Gasteiger partial charge in [-0.25, -0.2) is 4.39 Å². The molecular formula is C17H22Cl2FNO. The van der Waals surface area contributed by atoms with Crippen LogP contribution in [0.15, 0.2) is 12.1 Å². The molecule has 2 nitrogen and oxygen atoms in total. The molecule has 0 amide bonds. The van der Waals surface area contributed by atoms with E-state index in [-0.39, 0.29) is 10.4 Å². The summed E-state index contributed by atoms with van der Waals surface area (Å²) in [7, 11) is 1.82. The van der Waals surface area contributed by atoms with Crippen molar-refractivity contribution < 1.29 is 9.13 Å². The fraction of sp³-hybridized carbons (Fsp3) is 0.647. The van der Waals surface area contributed by atoms with Crippen LogP contribution in [-0.2, 0) is 11.3 Å². The van der Waals surface area contributed by atoms with Crippen LogP contribution < -0.4 is 0 Å². The van der Waals surface area contributed by atoms with Gasteiger partial charge in [0.2, 0.25) is 0 Å². The Morgan fingerprint density at radius 1 is 1.27 bits per heavy atom. The zero-order valence-corrected chi connectivity index (χ0v) is 14.4. The number of rotatable bonds is 3. The molecule has 22 heavy (non-hydrogen) atoms. The molecule has 5 heteroatoms. The molecule has 1 aromatic carbocycles. The highest BCUT2D eigenvalue weighted by molar-refractivity contribution is 6.35. The third kappa shape index (κ3) is 3.14. The lowest BCUT2D eigenvalue weighted by atomic mass is 9.76. The van der Waals surface area contributed by atoms with Crippen molar-refractivity contribution in [3.63, 3.8) is 0 Å². The first-order valence-electron chi connectivity index (χ1n) is 7.93. The Kier molecular flexibility index (Phi) is 4.98. The van der Waals surface area contributed by atoms with Crippen LogP contribution in [0.1, 0.15) is 37.7 Å². The molecule has 0 unspecified atom stereocenters. The van der Waals surface area contributed by atoms with Gasteiger partial charge in [0.1, 0.15) is 5.82 Å². The molecule has 0 N–H and O–H groups in total. The zero-order chi connectivity index (χ0) is 15.7. The summed E-state index contributed by atoms with van der Waals surface area (Å²) in [6.45, 7) is 2.70. The lowest BCUT2D eigenvalue weighted by Gasteiger charge is -2.43. The van der Waals surface area contributed by atoms with Crippen molar-refractivity contribution in [3.05, 3.63) is 33.6 Å². The standard InChI is InChI=1S/C17H22Cl2FNO/c1-22-16-4-2-5-17(16)6-3-7-21(11-17)10-12-8-15(20)14(19)9-13(12)18/h8-9,16H,2-7,10-11H2,1H3/t16-,17-/m1/s1. The van der Waals surface area contributed by atoms with Crippen LogP contribution in [0.5, 0.6) is 0 Å². The monoisotopic (exact) mass is 345 g/mol. The molecule has 122 valence electrons. The average molecular weight is 346 g/mol. The number of benzene rings is 1.